The van der Waals surface area contributed by atoms with Crippen LogP contribution in [0.3, 0.4) is 0 Å². The Bertz CT molecular complexity index is 734. The van der Waals surface area contributed by atoms with Gasteiger partial charge in [0.2, 0.25) is 0 Å². The SMILES string of the molecule is Cc1cc(C(=O)N2CCC(O)(Cn3ccnn3)C2)c(C)n1C(C)C. The first-order valence-electron chi connectivity index (χ1n) is 8.35. The van der Waals surface area contributed by atoms with Crippen molar-refractivity contribution in [2.45, 2.75) is 52.3 Å². The third kappa shape index (κ3) is 2.96. The average Bonchev–Trinajstić information content (AvgIpc) is 3.19. The Kier molecular flexibility index (Phi) is 4.21. The van der Waals surface area contributed by atoms with E-state index in [0.717, 1.165) is 17.0 Å². The van der Waals surface area contributed by atoms with E-state index in [1.807, 2.05) is 19.9 Å². The highest BCUT2D eigenvalue weighted by Gasteiger charge is 2.39. The van der Waals surface area contributed by atoms with Gasteiger partial charge in [-0.3, -0.25) is 4.79 Å². The predicted molar refractivity (Wildman–Crippen MR) is 89.8 cm³/mol. The molecule has 2 aromatic rings. The van der Waals surface area contributed by atoms with Gasteiger partial charge >= 0.3 is 0 Å². The zero-order valence-electron chi connectivity index (χ0n) is 14.7. The highest BCUT2D eigenvalue weighted by Crippen LogP contribution is 2.27. The van der Waals surface area contributed by atoms with Crippen LogP contribution in [0.2, 0.25) is 0 Å². The van der Waals surface area contributed by atoms with Crippen molar-refractivity contribution in [3.05, 3.63) is 35.4 Å². The second-order valence-electron chi connectivity index (χ2n) is 7.05. The van der Waals surface area contributed by atoms with Crippen LogP contribution in [0.1, 0.15) is 48.1 Å². The number of carbonyl (C=O) groups excluding carboxylic acids is 1. The van der Waals surface area contributed by atoms with Gasteiger partial charge in [-0.15, -0.1) is 5.10 Å². The lowest BCUT2D eigenvalue weighted by Gasteiger charge is -2.23. The fraction of sp³-hybridized carbons (Fsp3) is 0.588. The molecule has 0 saturated carbocycles. The molecule has 0 radical (unpaired) electrons. The Balaban J connectivity index is 1.76. The number of aromatic nitrogens is 4. The fourth-order valence-electron chi connectivity index (χ4n) is 3.74. The van der Waals surface area contributed by atoms with Gasteiger partial charge in [0.15, 0.2) is 0 Å². The number of carbonyl (C=O) groups is 1. The molecule has 130 valence electrons. The number of nitrogens with zero attached hydrogens (tertiary/aromatic N) is 5. The van der Waals surface area contributed by atoms with Crippen LogP contribution < -0.4 is 0 Å². The maximum Gasteiger partial charge on any atom is 0.255 e. The molecule has 0 spiro atoms. The van der Waals surface area contributed by atoms with E-state index in [9.17, 15) is 9.90 Å². The third-order valence-electron chi connectivity index (χ3n) is 4.78. The Labute approximate surface area is 141 Å². The van der Waals surface area contributed by atoms with Crippen LogP contribution in [0.25, 0.3) is 0 Å². The minimum absolute atomic E-state index is 0.00971. The second kappa shape index (κ2) is 6.05. The summed E-state index contributed by atoms with van der Waals surface area (Å²) in [4.78, 5) is 14.7. The van der Waals surface area contributed by atoms with Gasteiger partial charge in [-0.25, -0.2) is 4.68 Å². The van der Waals surface area contributed by atoms with Gasteiger partial charge < -0.3 is 14.6 Å². The molecule has 0 aromatic carbocycles. The first-order valence-corrected chi connectivity index (χ1v) is 8.35. The van der Waals surface area contributed by atoms with Gasteiger partial charge in [-0.05, 0) is 40.2 Å². The van der Waals surface area contributed by atoms with Gasteiger partial charge in [0.05, 0.1) is 24.8 Å². The van der Waals surface area contributed by atoms with Crippen molar-refractivity contribution in [3.8, 4) is 0 Å². The van der Waals surface area contributed by atoms with Crippen LogP contribution in [0.15, 0.2) is 18.5 Å². The molecule has 1 amide bonds. The molecule has 7 heteroatoms. The normalized spacial score (nSPS) is 21.0. The molecule has 3 heterocycles. The van der Waals surface area contributed by atoms with E-state index in [1.54, 1.807) is 22.0 Å². The number of hydrogen-bond donors (Lipinski definition) is 1. The molecule has 3 rings (SSSR count). The van der Waals surface area contributed by atoms with Crippen LogP contribution in [0, 0.1) is 13.8 Å². The molecule has 0 bridgehead atoms. The molecular weight excluding hydrogens is 306 g/mol. The predicted octanol–water partition coefficient (Wildman–Crippen LogP) is 1.55. The van der Waals surface area contributed by atoms with Crippen LogP contribution >= 0.6 is 0 Å². The molecule has 1 unspecified atom stereocenters. The highest BCUT2D eigenvalue weighted by atomic mass is 16.3. The number of β-amino-alcohol motifs (C(OH)–C–C–N with tert-alkyl or cyclic N) is 1. The van der Waals surface area contributed by atoms with Crippen molar-refractivity contribution in [1.82, 2.24) is 24.5 Å². The zero-order valence-corrected chi connectivity index (χ0v) is 14.7. The Morgan fingerprint density at radius 1 is 1.42 bits per heavy atom. The second-order valence-corrected chi connectivity index (χ2v) is 7.05. The summed E-state index contributed by atoms with van der Waals surface area (Å²) in [5.41, 5.74) is 1.85. The van der Waals surface area contributed by atoms with Crippen molar-refractivity contribution in [2.24, 2.45) is 0 Å². The lowest BCUT2D eigenvalue weighted by Crippen LogP contribution is -2.39. The van der Waals surface area contributed by atoms with Crippen LogP contribution in [-0.4, -0.2) is 54.2 Å². The quantitative estimate of drug-likeness (QED) is 0.922. The molecular formula is C17H25N5O2. The smallest absolute Gasteiger partial charge is 0.255 e. The minimum atomic E-state index is -0.951. The van der Waals surface area contributed by atoms with Crippen molar-refractivity contribution >= 4 is 5.91 Å². The Hall–Kier alpha value is -2.15. The minimum Gasteiger partial charge on any atom is -0.386 e. The summed E-state index contributed by atoms with van der Waals surface area (Å²) in [6.07, 6.45) is 3.85. The van der Waals surface area contributed by atoms with Gasteiger partial charge in [0, 0.05) is 30.2 Å². The largest absolute Gasteiger partial charge is 0.386 e. The number of aryl methyl sites for hydroxylation is 1. The number of aliphatic hydroxyl groups is 1. The first-order chi connectivity index (χ1) is 11.3. The number of likely N-dealkylation sites (tertiary alicyclic amines) is 1. The van der Waals surface area contributed by atoms with E-state index in [4.69, 9.17) is 0 Å². The molecule has 1 fully saturated rings. The third-order valence-corrected chi connectivity index (χ3v) is 4.78. The van der Waals surface area contributed by atoms with E-state index in [2.05, 4.69) is 28.7 Å². The molecule has 2 aromatic heterocycles. The monoisotopic (exact) mass is 331 g/mol. The summed E-state index contributed by atoms with van der Waals surface area (Å²) < 4.78 is 3.78. The zero-order chi connectivity index (χ0) is 17.5. The summed E-state index contributed by atoms with van der Waals surface area (Å²) >= 11 is 0. The van der Waals surface area contributed by atoms with Crippen LogP contribution in [-0.2, 0) is 6.54 Å². The molecule has 7 nitrogen and oxygen atoms in total. The topological polar surface area (TPSA) is 76.2 Å². The molecule has 1 N–H and O–H groups in total. The van der Waals surface area contributed by atoms with Crippen molar-refractivity contribution in [2.75, 3.05) is 13.1 Å². The standard InChI is InChI=1S/C17H25N5O2/c1-12(2)22-13(3)9-15(14(22)4)16(23)20-7-5-17(24,10-20)11-21-8-6-18-19-21/h6,8-9,12,24H,5,7,10-11H2,1-4H3. The van der Waals surface area contributed by atoms with Crippen molar-refractivity contribution in [1.29, 1.82) is 0 Å². The van der Waals surface area contributed by atoms with E-state index >= 15 is 0 Å². The number of amides is 1. The first kappa shape index (κ1) is 16.7. The van der Waals surface area contributed by atoms with Gasteiger partial charge in [-0.1, -0.05) is 5.21 Å². The summed E-state index contributed by atoms with van der Waals surface area (Å²) in [6.45, 7) is 9.45. The van der Waals surface area contributed by atoms with Crippen molar-refractivity contribution < 1.29 is 9.90 Å². The maximum absolute atomic E-state index is 12.9. The lowest BCUT2D eigenvalue weighted by atomic mass is 10.0. The van der Waals surface area contributed by atoms with Crippen molar-refractivity contribution in [3.63, 3.8) is 0 Å². The van der Waals surface area contributed by atoms with E-state index in [-0.39, 0.29) is 5.91 Å². The number of hydrogen-bond acceptors (Lipinski definition) is 4. The van der Waals surface area contributed by atoms with Gasteiger partial charge in [-0.2, -0.15) is 0 Å². The molecule has 24 heavy (non-hydrogen) atoms. The van der Waals surface area contributed by atoms with E-state index in [1.165, 1.54) is 0 Å². The Morgan fingerprint density at radius 3 is 2.75 bits per heavy atom. The molecule has 1 aliphatic rings. The highest BCUT2D eigenvalue weighted by molar-refractivity contribution is 5.96. The molecule has 0 aliphatic carbocycles. The summed E-state index contributed by atoms with van der Waals surface area (Å²) in [7, 11) is 0. The van der Waals surface area contributed by atoms with Gasteiger partial charge in [0.25, 0.3) is 5.91 Å². The fourth-order valence-corrected chi connectivity index (χ4v) is 3.74. The van der Waals surface area contributed by atoms with Crippen LogP contribution in [0.4, 0.5) is 0 Å². The van der Waals surface area contributed by atoms with Crippen LogP contribution in [0.5, 0.6) is 0 Å². The molecule has 1 saturated heterocycles. The Morgan fingerprint density at radius 2 is 2.17 bits per heavy atom. The maximum atomic E-state index is 12.9. The van der Waals surface area contributed by atoms with E-state index in [0.29, 0.717) is 32.1 Å². The number of rotatable bonds is 4. The average molecular weight is 331 g/mol. The summed E-state index contributed by atoms with van der Waals surface area (Å²) in [6, 6.07) is 2.27. The molecule has 1 aliphatic heterocycles. The molecule has 1 atom stereocenters. The lowest BCUT2D eigenvalue weighted by molar-refractivity contribution is 0.0266. The van der Waals surface area contributed by atoms with E-state index < -0.39 is 5.60 Å². The van der Waals surface area contributed by atoms with Gasteiger partial charge in [0.1, 0.15) is 5.60 Å². The summed E-state index contributed by atoms with van der Waals surface area (Å²) in [5, 5.41) is 18.4. The summed E-state index contributed by atoms with van der Waals surface area (Å²) in [5.74, 6) is -0.00971.